The van der Waals surface area contributed by atoms with Gasteiger partial charge in [0.2, 0.25) is 22.8 Å². The minimum Gasteiger partial charge on any atom is -0.300 e. The third-order valence-electron chi connectivity index (χ3n) is 19.9. The number of imidazole rings is 4. The molecule has 0 radical (unpaired) electrons. The maximum Gasteiger partial charge on any atom is 0.212 e. The predicted molar refractivity (Wildman–Crippen MR) is 416 cm³/mol. The molecule has 12 aromatic heterocycles. The molecule has 4 aromatic carbocycles. The first kappa shape index (κ1) is 68.8. The fourth-order valence-electron chi connectivity index (χ4n) is 14.7. The standard InChI is InChI=1S/C24H28N3.C23H26N3.C22H24N3.C20H20N3/c1-16-11-22-20(25-23-9-7-8-10-27(22)23)13-19(16)21-12-18(14-24(3,4)5)17(2)15-26(21)6;1-16-12-21-19(24-22-8-6-7-10-26(21)22)14-18(16)20-13-17(9-11-25(20)5)15-23(2,3)4;1-14(2)17-12-20(24(5)13-16(17)4)18-11-19-21(10-15(18)3)25-9-7-6-8-22(25)23-19;1-13-9-18(22(4)12-15(13)3)16-11-17-19(10-14(16)2)23-8-6-5-7-20(23)21-17/h7-13,15H,14H2,1-6H3;6-14H,15H2,1-5H3;6-14H,1-5H3;5-12H,1-4H3/q4*+1. The van der Waals surface area contributed by atoms with E-state index in [0.29, 0.717) is 5.92 Å². The van der Waals surface area contributed by atoms with Gasteiger partial charge >= 0.3 is 0 Å². The molecule has 12 heteroatoms. The third-order valence-corrected chi connectivity index (χ3v) is 19.9. The molecule has 0 aliphatic rings. The molecule has 510 valence electrons. The fourth-order valence-corrected chi connectivity index (χ4v) is 14.7. The molecule has 16 rings (SSSR count). The molecule has 0 fully saturated rings. The molecule has 0 aliphatic heterocycles. The topological polar surface area (TPSA) is 84.7 Å². The number of hydrogen-bond acceptors (Lipinski definition) is 4. The van der Waals surface area contributed by atoms with Crippen molar-refractivity contribution in [3.8, 4) is 45.0 Å². The van der Waals surface area contributed by atoms with E-state index in [1.165, 1.54) is 106 Å². The highest BCUT2D eigenvalue weighted by atomic mass is 15.0. The Bertz CT molecular complexity index is 5880. The van der Waals surface area contributed by atoms with Crippen molar-refractivity contribution in [2.45, 2.75) is 130 Å². The maximum atomic E-state index is 4.83. The number of rotatable bonds is 7. The van der Waals surface area contributed by atoms with Crippen molar-refractivity contribution in [1.29, 1.82) is 0 Å². The van der Waals surface area contributed by atoms with Gasteiger partial charge in [0.25, 0.3) is 0 Å². The third kappa shape index (κ3) is 14.0. The summed E-state index contributed by atoms with van der Waals surface area (Å²) in [5.74, 6) is 0.513. The number of benzene rings is 4. The molecule has 101 heavy (non-hydrogen) atoms. The van der Waals surface area contributed by atoms with Crippen LogP contribution in [0.25, 0.3) is 112 Å². The van der Waals surface area contributed by atoms with Crippen LogP contribution in [0.15, 0.2) is 201 Å². The van der Waals surface area contributed by atoms with Gasteiger partial charge in [-0.2, -0.15) is 0 Å². The van der Waals surface area contributed by atoms with Gasteiger partial charge in [0.15, 0.2) is 24.8 Å². The minimum absolute atomic E-state index is 0.266. The number of aromatic nitrogens is 12. The SMILES string of the molecule is Cc1c[n+](C)c(-c2cc3nc4ccccn4c3cc2C)cc1CC(C)(C)C.Cc1cc(-c2cc3nc4ccccn4c3cc2C)[n+](C)cc1C.Cc1cc2c(cc1-c1cc(C(C)C)c(C)c[n+]1C)nc1ccccn12.Cc1cc2c(cc1-c1cc(CC(C)(C)C)cc[n+]1C)nc1ccccn12. The Balaban J connectivity index is 0.000000121. The van der Waals surface area contributed by atoms with Crippen molar-refractivity contribution in [2.75, 3.05) is 0 Å². The van der Waals surface area contributed by atoms with Crippen LogP contribution in [0.2, 0.25) is 0 Å². The zero-order valence-corrected chi connectivity index (χ0v) is 62.9. The second-order valence-corrected chi connectivity index (χ2v) is 31.0. The van der Waals surface area contributed by atoms with E-state index in [1.807, 2.05) is 48.5 Å². The van der Waals surface area contributed by atoms with Gasteiger partial charge in [-0.1, -0.05) is 79.7 Å². The van der Waals surface area contributed by atoms with Crippen LogP contribution in [0.3, 0.4) is 0 Å². The predicted octanol–water partition coefficient (Wildman–Crippen LogP) is 18.7. The monoisotopic (exact) mass is 1330 g/mol. The lowest BCUT2D eigenvalue weighted by Gasteiger charge is -2.19. The zero-order chi connectivity index (χ0) is 71.7. The smallest absolute Gasteiger partial charge is 0.212 e. The van der Waals surface area contributed by atoms with Crippen molar-refractivity contribution in [1.82, 2.24) is 37.5 Å². The molecule has 0 atom stereocenters. The summed E-state index contributed by atoms with van der Waals surface area (Å²) in [4.78, 5) is 19.2. The summed E-state index contributed by atoms with van der Waals surface area (Å²) in [6.07, 6.45) is 19.3. The van der Waals surface area contributed by atoms with E-state index in [9.17, 15) is 0 Å². The van der Waals surface area contributed by atoms with Crippen molar-refractivity contribution in [2.24, 2.45) is 39.0 Å². The summed E-state index contributed by atoms with van der Waals surface area (Å²) < 4.78 is 17.5. The second-order valence-electron chi connectivity index (χ2n) is 31.0. The largest absolute Gasteiger partial charge is 0.300 e. The van der Waals surface area contributed by atoms with Gasteiger partial charge in [-0.05, 0) is 227 Å². The van der Waals surface area contributed by atoms with E-state index in [2.05, 4.69) is 328 Å². The molecule has 0 bridgehead atoms. The van der Waals surface area contributed by atoms with Crippen LogP contribution in [-0.2, 0) is 41.0 Å². The number of nitrogens with zero attached hydrogens (tertiary/aromatic N) is 12. The van der Waals surface area contributed by atoms with Crippen LogP contribution in [0, 0.1) is 66.2 Å². The first-order valence-corrected chi connectivity index (χ1v) is 35.5. The van der Waals surface area contributed by atoms with Crippen molar-refractivity contribution in [3.05, 3.63) is 262 Å². The molecule has 12 heterocycles. The lowest BCUT2D eigenvalue weighted by Crippen LogP contribution is -2.32. The highest BCUT2D eigenvalue weighted by Gasteiger charge is 2.25. The van der Waals surface area contributed by atoms with E-state index in [0.717, 1.165) is 79.6 Å². The molecular formula is C89H98N12+4. The highest BCUT2D eigenvalue weighted by molar-refractivity contribution is 5.90. The van der Waals surface area contributed by atoms with Gasteiger partial charge in [-0.25, -0.2) is 38.2 Å². The number of hydrogen-bond donors (Lipinski definition) is 0. The van der Waals surface area contributed by atoms with Gasteiger partial charge in [0, 0.05) is 71.8 Å². The minimum atomic E-state index is 0.266. The average molecular weight is 1340 g/mol. The van der Waals surface area contributed by atoms with E-state index in [1.54, 1.807) is 0 Å². The Hall–Kier alpha value is -10.7. The first-order valence-electron chi connectivity index (χ1n) is 35.5. The van der Waals surface area contributed by atoms with Crippen molar-refractivity contribution in [3.63, 3.8) is 0 Å². The maximum absolute atomic E-state index is 4.83. The van der Waals surface area contributed by atoms with Crippen LogP contribution >= 0.6 is 0 Å². The molecular weight excluding hydrogens is 1240 g/mol. The van der Waals surface area contributed by atoms with Crippen LogP contribution in [0.1, 0.15) is 123 Å². The van der Waals surface area contributed by atoms with Crippen LogP contribution in [0.5, 0.6) is 0 Å². The molecule has 0 saturated heterocycles. The van der Waals surface area contributed by atoms with Crippen LogP contribution < -0.4 is 18.3 Å². The molecule has 0 unspecified atom stereocenters. The number of fused-ring (bicyclic) bond motifs is 12. The lowest BCUT2D eigenvalue weighted by molar-refractivity contribution is -0.660. The molecule has 0 amide bonds. The van der Waals surface area contributed by atoms with Gasteiger partial charge in [0.05, 0.1) is 66.4 Å². The van der Waals surface area contributed by atoms with Crippen LogP contribution in [0.4, 0.5) is 0 Å². The number of pyridine rings is 8. The molecule has 0 N–H and O–H groups in total. The van der Waals surface area contributed by atoms with Crippen LogP contribution in [-0.4, -0.2) is 37.5 Å². The molecule has 0 aliphatic carbocycles. The average Bonchev–Trinajstić information content (AvgIpc) is 1.69. The normalized spacial score (nSPS) is 11.9. The van der Waals surface area contributed by atoms with E-state index in [-0.39, 0.29) is 10.8 Å². The molecule has 0 spiro atoms. The Labute approximate surface area is 595 Å². The van der Waals surface area contributed by atoms with Crippen molar-refractivity contribution < 1.29 is 18.3 Å². The fraction of sp³-hybridized carbons (Fsp3) is 0.281. The molecule has 16 aromatic rings. The Morgan fingerprint density at radius 2 is 0.673 bits per heavy atom. The summed E-state index contributed by atoms with van der Waals surface area (Å²) in [6.45, 7) is 35.7. The zero-order valence-electron chi connectivity index (χ0n) is 62.9. The summed E-state index contributed by atoms with van der Waals surface area (Å²) in [6, 6.07) is 54.0. The van der Waals surface area contributed by atoms with Gasteiger partial charge in [0.1, 0.15) is 50.8 Å². The van der Waals surface area contributed by atoms with E-state index >= 15 is 0 Å². The van der Waals surface area contributed by atoms with E-state index in [4.69, 9.17) is 19.9 Å². The molecule has 0 saturated carbocycles. The summed E-state index contributed by atoms with van der Waals surface area (Å²) in [5, 5.41) is 0. The Morgan fingerprint density at radius 1 is 0.337 bits per heavy atom. The number of aryl methyl sites for hydroxylation is 12. The Kier molecular flexibility index (Phi) is 18.4. The summed E-state index contributed by atoms with van der Waals surface area (Å²) >= 11 is 0. The van der Waals surface area contributed by atoms with Crippen molar-refractivity contribution >= 4 is 66.7 Å². The lowest BCUT2D eigenvalue weighted by atomic mass is 9.86. The summed E-state index contributed by atoms with van der Waals surface area (Å²) in [5.41, 5.74) is 37.9. The Morgan fingerprint density at radius 3 is 1.04 bits per heavy atom. The van der Waals surface area contributed by atoms with Gasteiger partial charge in [-0.15, -0.1) is 0 Å². The van der Waals surface area contributed by atoms with Gasteiger partial charge in [-0.3, -0.25) is 17.6 Å². The first-order chi connectivity index (χ1) is 48.0. The molecule has 12 nitrogen and oxygen atoms in total. The summed E-state index contributed by atoms with van der Waals surface area (Å²) in [7, 11) is 8.48. The second kappa shape index (κ2) is 27.1. The quantitative estimate of drug-likeness (QED) is 0.149. The highest BCUT2D eigenvalue weighted by Crippen LogP contribution is 2.35. The van der Waals surface area contributed by atoms with E-state index < -0.39 is 0 Å². The van der Waals surface area contributed by atoms with Gasteiger partial charge < -0.3 is 0 Å².